The van der Waals surface area contributed by atoms with E-state index in [-0.39, 0.29) is 24.3 Å². The van der Waals surface area contributed by atoms with Crippen LogP contribution in [0.5, 0.6) is 0 Å². The maximum absolute atomic E-state index is 11.2. The second-order valence-corrected chi connectivity index (χ2v) is 4.13. The molecule has 86 valence electrons. The number of amides is 1. The number of carbonyl (C=O) groups is 1. The number of nitrogens with zero attached hydrogens (tertiary/aromatic N) is 1. The largest absolute Gasteiger partial charge is 0.439 e. The van der Waals surface area contributed by atoms with Gasteiger partial charge in [-0.05, 0) is 12.8 Å². The molecule has 2 fully saturated rings. The highest BCUT2D eigenvalue weighted by Crippen LogP contribution is 2.43. The van der Waals surface area contributed by atoms with Gasteiger partial charge in [0.25, 0.3) is 0 Å². The van der Waals surface area contributed by atoms with Crippen molar-refractivity contribution in [3.63, 3.8) is 0 Å². The van der Waals surface area contributed by atoms with Gasteiger partial charge < -0.3 is 20.1 Å². The molecule has 1 saturated carbocycles. The molecule has 1 saturated heterocycles. The minimum absolute atomic E-state index is 0.00919. The zero-order valence-electron chi connectivity index (χ0n) is 7.96. The smallest absolute Gasteiger partial charge is 0.437 e. The van der Waals surface area contributed by atoms with Crippen LogP contribution in [0, 0.1) is 0 Å². The summed E-state index contributed by atoms with van der Waals surface area (Å²) in [6, 6.07) is 0. The Bertz CT molecular complexity index is 297. The molecule has 3 unspecified atom stereocenters. The first-order valence-corrected chi connectivity index (χ1v) is 4.67. The monoisotopic (exact) mass is 219 g/mol. The van der Waals surface area contributed by atoms with Gasteiger partial charge >= 0.3 is 6.09 Å². The summed E-state index contributed by atoms with van der Waals surface area (Å²) in [4.78, 5) is 11.2. The molecule has 7 heteroatoms. The molecule has 1 aliphatic carbocycles. The number of ether oxygens (including phenoxy) is 1. The minimum atomic E-state index is -2.06. The molecule has 1 aliphatic heterocycles. The van der Waals surface area contributed by atoms with Gasteiger partial charge in [0.05, 0.1) is 6.61 Å². The van der Waals surface area contributed by atoms with Gasteiger partial charge in [0.1, 0.15) is 11.7 Å². The van der Waals surface area contributed by atoms with E-state index in [9.17, 15) is 20.2 Å². The maximum Gasteiger partial charge on any atom is 0.437 e. The molecular formula is C8H13NO6. The van der Waals surface area contributed by atoms with E-state index in [1.807, 2.05) is 0 Å². The summed E-state index contributed by atoms with van der Waals surface area (Å²) >= 11 is 0. The van der Waals surface area contributed by atoms with Crippen LogP contribution in [0.4, 0.5) is 4.79 Å². The van der Waals surface area contributed by atoms with Crippen molar-refractivity contribution < 1.29 is 30.1 Å². The lowest BCUT2D eigenvalue weighted by atomic mass is 9.76. The lowest BCUT2D eigenvalue weighted by molar-refractivity contribution is -0.336. The second kappa shape index (κ2) is 3.05. The molecule has 2 rings (SSSR count). The number of hydrogen-bond acceptors (Lipinski definition) is 6. The van der Waals surface area contributed by atoms with Crippen LogP contribution in [0.15, 0.2) is 0 Å². The van der Waals surface area contributed by atoms with Crippen molar-refractivity contribution in [1.29, 1.82) is 0 Å². The van der Waals surface area contributed by atoms with Gasteiger partial charge in [0.15, 0.2) is 5.72 Å². The van der Waals surface area contributed by atoms with E-state index < -0.39 is 30.1 Å². The van der Waals surface area contributed by atoms with Crippen LogP contribution in [-0.4, -0.2) is 55.7 Å². The average molecular weight is 219 g/mol. The van der Waals surface area contributed by atoms with Crippen LogP contribution in [0.1, 0.15) is 19.3 Å². The Balaban J connectivity index is 2.36. The van der Waals surface area contributed by atoms with E-state index in [2.05, 4.69) is 0 Å². The fourth-order valence-corrected chi connectivity index (χ4v) is 2.17. The number of hydroxylamine groups is 2. The van der Waals surface area contributed by atoms with Crippen molar-refractivity contribution in [1.82, 2.24) is 5.06 Å². The first-order valence-electron chi connectivity index (χ1n) is 4.67. The van der Waals surface area contributed by atoms with Gasteiger partial charge in [0, 0.05) is 6.42 Å². The topological polar surface area (TPSA) is 110 Å². The van der Waals surface area contributed by atoms with Gasteiger partial charge in [-0.3, -0.25) is 5.21 Å². The third kappa shape index (κ3) is 1.31. The molecular weight excluding hydrogens is 206 g/mol. The predicted octanol–water partition coefficient (Wildman–Crippen LogP) is -1.21. The summed E-state index contributed by atoms with van der Waals surface area (Å²) in [5.41, 5.74) is -3.25. The molecule has 7 nitrogen and oxygen atoms in total. The van der Waals surface area contributed by atoms with Gasteiger partial charge in [-0.1, -0.05) is 0 Å². The zero-order valence-corrected chi connectivity index (χ0v) is 7.96. The molecule has 0 radical (unpaired) electrons. The standard InChI is InChI=1S/C8H13NO6/c10-4-7-2-1-5(11)8(13,3-7)9(14)6(12)15-7/h5,10-11,13-14H,1-4H2. The summed E-state index contributed by atoms with van der Waals surface area (Å²) in [5, 5.41) is 37.9. The molecule has 0 spiro atoms. The summed E-state index contributed by atoms with van der Waals surface area (Å²) in [6.45, 7) is -0.443. The van der Waals surface area contributed by atoms with Crippen molar-refractivity contribution in [2.75, 3.05) is 6.61 Å². The minimum Gasteiger partial charge on any atom is -0.439 e. The van der Waals surface area contributed by atoms with Crippen LogP contribution in [-0.2, 0) is 4.74 Å². The fraction of sp³-hybridized carbons (Fsp3) is 0.875. The van der Waals surface area contributed by atoms with Gasteiger partial charge in [-0.2, -0.15) is 5.06 Å². The molecule has 0 aromatic rings. The summed E-state index contributed by atoms with van der Waals surface area (Å²) in [5.74, 6) is 0. The van der Waals surface area contributed by atoms with Crippen LogP contribution in [0.3, 0.4) is 0 Å². The normalized spacial score (nSPS) is 45.2. The fourth-order valence-electron chi connectivity index (χ4n) is 2.17. The van der Waals surface area contributed by atoms with Crippen LogP contribution in [0.25, 0.3) is 0 Å². The Labute approximate surface area is 85.4 Å². The van der Waals surface area contributed by atoms with Crippen molar-refractivity contribution in [2.24, 2.45) is 0 Å². The number of hydrogen-bond donors (Lipinski definition) is 4. The van der Waals surface area contributed by atoms with E-state index in [1.165, 1.54) is 0 Å². The predicted molar refractivity (Wildman–Crippen MR) is 44.7 cm³/mol. The quantitative estimate of drug-likeness (QED) is 0.412. The lowest BCUT2D eigenvalue weighted by Crippen LogP contribution is -2.70. The van der Waals surface area contributed by atoms with E-state index >= 15 is 0 Å². The molecule has 3 atom stereocenters. The molecule has 2 bridgehead atoms. The van der Waals surface area contributed by atoms with Crippen LogP contribution in [0.2, 0.25) is 0 Å². The van der Waals surface area contributed by atoms with E-state index in [4.69, 9.17) is 9.84 Å². The highest BCUT2D eigenvalue weighted by atomic mass is 16.7. The van der Waals surface area contributed by atoms with Crippen LogP contribution >= 0.6 is 0 Å². The maximum atomic E-state index is 11.2. The molecule has 2 aliphatic rings. The Morgan fingerprint density at radius 2 is 2.27 bits per heavy atom. The van der Waals surface area contributed by atoms with Gasteiger partial charge in [0.2, 0.25) is 0 Å². The first kappa shape index (κ1) is 10.6. The third-order valence-electron chi connectivity index (χ3n) is 3.12. The second-order valence-electron chi connectivity index (χ2n) is 4.13. The molecule has 1 heterocycles. The highest BCUT2D eigenvalue weighted by Gasteiger charge is 2.60. The van der Waals surface area contributed by atoms with Crippen LogP contribution < -0.4 is 0 Å². The van der Waals surface area contributed by atoms with Gasteiger partial charge in [-0.25, -0.2) is 4.79 Å². The first-order chi connectivity index (χ1) is 6.93. The Morgan fingerprint density at radius 3 is 2.87 bits per heavy atom. The molecule has 4 N–H and O–H groups in total. The van der Waals surface area contributed by atoms with Gasteiger partial charge in [-0.15, -0.1) is 0 Å². The SMILES string of the molecule is O=C1OC2(CO)CCC(O)C(O)(C2)N1O. The summed E-state index contributed by atoms with van der Waals surface area (Å²) in [6.07, 6.45) is -2.21. The number of aliphatic hydroxyl groups is 3. The number of fused-ring (bicyclic) bond motifs is 2. The van der Waals surface area contributed by atoms with Crippen molar-refractivity contribution in [3.05, 3.63) is 0 Å². The van der Waals surface area contributed by atoms with Crippen molar-refractivity contribution in [3.8, 4) is 0 Å². The third-order valence-corrected chi connectivity index (χ3v) is 3.12. The zero-order chi connectivity index (χ0) is 11.3. The molecule has 1 amide bonds. The van der Waals surface area contributed by atoms with Crippen molar-refractivity contribution >= 4 is 6.09 Å². The number of aliphatic hydroxyl groups excluding tert-OH is 2. The van der Waals surface area contributed by atoms with E-state index in [0.29, 0.717) is 0 Å². The lowest BCUT2D eigenvalue weighted by Gasteiger charge is -2.52. The molecule has 15 heavy (non-hydrogen) atoms. The summed E-state index contributed by atoms with van der Waals surface area (Å²) in [7, 11) is 0. The van der Waals surface area contributed by atoms with Crippen molar-refractivity contribution in [2.45, 2.75) is 36.7 Å². The summed E-state index contributed by atoms with van der Waals surface area (Å²) < 4.78 is 4.84. The molecule has 0 aromatic carbocycles. The number of carbonyl (C=O) groups excluding carboxylic acids is 1. The van der Waals surface area contributed by atoms with E-state index in [0.717, 1.165) is 0 Å². The average Bonchev–Trinajstić information content (AvgIpc) is 2.21. The number of rotatable bonds is 1. The highest BCUT2D eigenvalue weighted by molar-refractivity contribution is 5.69. The molecule has 0 aromatic heterocycles. The Hall–Kier alpha value is -0.890. The Morgan fingerprint density at radius 1 is 1.60 bits per heavy atom. The van der Waals surface area contributed by atoms with E-state index in [1.54, 1.807) is 0 Å². The Kier molecular flexibility index (Phi) is 2.16.